The van der Waals surface area contributed by atoms with E-state index in [1.165, 1.54) is 22.5 Å². The van der Waals surface area contributed by atoms with Crippen LogP contribution in [0, 0.1) is 5.92 Å². The van der Waals surface area contributed by atoms with Gasteiger partial charge >= 0.3 is 11.9 Å². The third-order valence-electron chi connectivity index (χ3n) is 5.11. The number of aliphatic carboxylic acids is 1. The number of ether oxygens (including phenoxy) is 2. The van der Waals surface area contributed by atoms with Gasteiger partial charge in [-0.1, -0.05) is 0 Å². The van der Waals surface area contributed by atoms with E-state index in [4.69, 9.17) is 9.47 Å². The first kappa shape index (κ1) is 19.6. The molecule has 0 aliphatic carbocycles. The minimum absolute atomic E-state index is 0.0762. The van der Waals surface area contributed by atoms with E-state index in [0.29, 0.717) is 24.2 Å². The fraction of sp³-hybridized carbons (Fsp3) is 0.556. The Morgan fingerprint density at radius 3 is 2.78 bits per heavy atom. The van der Waals surface area contributed by atoms with Gasteiger partial charge in [-0.3, -0.25) is 4.79 Å². The highest BCUT2D eigenvalue weighted by Crippen LogP contribution is 2.34. The monoisotopic (exact) mass is 397 g/mol. The standard InChI is InChI=1S/C18H23NO7S/c1-3-25-18(22)16-10-12-9-13(6-7-15(12)26-16)27(23,24)19-8-4-5-14(11(19)2)17(20)21/h6-7,9,11,14,16H,3-5,8,10H2,1-2H3,(H,20,21)/t11-,14-,16?/m0/s1. The molecule has 148 valence electrons. The first-order valence-electron chi connectivity index (χ1n) is 8.96. The lowest BCUT2D eigenvalue weighted by molar-refractivity contribution is -0.150. The zero-order valence-corrected chi connectivity index (χ0v) is 16.1. The third kappa shape index (κ3) is 3.66. The predicted molar refractivity (Wildman–Crippen MR) is 94.9 cm³/mol. The molecule has 1 N–H and O–H groups in total. The van der Waals surface area contributed by atoms with Gasteiger partial charge in [0.2, 0.25) is 10.0 Å². The maximum atomic E-state index is 13.1. The molecule has 9 heteroatoms. The summed E-state index contributed by atoms with van der Waals surface area (Å²) in [5.74, 6) is -1.73. The molecular formula is C18H23NO7S. The van der Waals surface area contributed by atoms with E-state index < -0.39 is 40.0 Å². The van der Waals surface area contributed by atoms with Gasteiger partial charge in [0, 0.05) is 19.0 Å². The van der Waals surface area contributed by atoms with Crippen LogP contribution in [-0.2, 0) is 30.8 Å². The Morgan fingerprint density at radius 2 is 2.11 bits per heavy atom. The lowest BCUT2D eigenvalue weighted by atomic mass is 9.92. The Kier molecular flexibility index (Phi) is 5.43. The van der Waals surface area contributed by atoms with Crippen molar-refractivity contribution in [3.8, 4) is 5.75 Å². The van der Waals surface area contributed by atoms with Gasteiger partial charge in [-0.25, -0.2) is 13.2 Å². The maximum absolute atomic E-state index is 13.1. The van der Waals surface area contributed by atoms with Crippen LogP contribution < -0.4 is 4.74 Å². The van der Waals surface area contributed by atoms with Crippen LogP contribution in [0.25, 0.3) is 0 Å². The molecule has 1 aromatic carbocycles. The topological polar surface area (TPSA) is 110 Å². The van der Waals surface area contributed by atoms with E-state index in [-0.39, 0.29) is 24.5 Å². The van der Waals surface area contributed by atoms with E-state index in [1.54, 1.807) is 13.8 Å². The van der Waals surface area contributed by atoms with E-state index in [0.717, 1.165) is 0 Å². The average Bonchev–Trinajstić information content (AvgIpc) is 3.05. The van der Waals surface area contributed by atoms with Crippen molar-refractivity contribution >= 4 is 22.0 Å². The number of piperidine rings is 1. The van der Waals surface area contributed by atoms with Crippen molar-refractivity contribution in [3.63, 3.8) is 0 Å². The first-order valence-corrected chi connectivity index (χ1v) is 10.4. The first-order chi connectivity index (χ1) is 12.8. The van der Waals surface area contributed by atoms with Gasteiger partial charge in [-0.15, -0.1) is 0 Å². The largest absolute Gasteiger partial charge is 0.481 e. The van der Waals surface area contributed by atoms with Crippen LogP contribution in [0.15, 0.2) is 23.1 Å². The Labute approximate surface area is 158 Å². The molecular weight excluding hydrogens is 374 g/mol. The molecule has 3 rings (SSSR count). The number of carbonyl (C=O) groups excluding carboxylic acids is 1. The summed E-state index contributed by atoms with van der Waals surface area (Å²) >= 11 is 0. The van der Waals surface area contributed by atoms with E-state index in [2.05, 4.69) is 0 Å². The minimum atomic E-state index is -3.85. The second-order valence-corrected chi connectivity index (χ2v) is 8.67. The van der Waals surface area contributed by atoms with Crippen LogP contribution in [-0.4, -0.2) is 55.1 Å². The molecule has 2 aliphatic heterocycles. The van der Waals surface area contributed by atoms with E-state index in [9.17, 15) is 23.1 Å². The molecule has 0 bridgehead atoms. The van der Waals surface area contributed by atoms with Gasteiger partial charge in [0.15, 0.2) is 6.10 Å². The van der Waals surface area contributed by atoms with Crippen LogP contribution in [0.5, 0.6) is 5.75 Å². The number of benzene rings is 1. The van der Waals surface area contributed by atoms with Crippen molar-refractivity contribution in [3.05, 3.63) is 23.8 Å². The number of hydrogen-bond acceptors (Lipinski definition) is 6. The van der Waals surface area contributed by atoms with Gasteiger partial charge in [0.1, 0.15) is 5.75 Å². The molecule has 27 heavy (non-hydrogen) atoms. The molecule has 1 unspecified atom stereocenters. The smallest absolute Gasteiger partial charge is 0.347 e. The molecule has 0 spiro atoms. The van der Waals surface area contributed by atoms with Crippen molar-refractivity contribution in [1.29, 1.82) is 0 Å². The minimum Gasteiger partial charge on any atom is -0.481 e. The zero-order chi connectivity index (χ0) is 19.8. The maximum Gasteiger partial charge on any atom is 0.347 e. The van der Waals surface area contributed by atoms with Gasteiger partial charge in [-0.05, 0) is 50.5 Å². The number of hydrogen-bond donors (Lipinski definition) is 1. The fourth-order valence-corrected chi connectivity index (χ4v) is 5.43. The van der Waals surface area contributed by atoms with Gasteiger partial charge in [-0.2, -0.15) is 4.31 Å². The Hall–Kier alpha value is -2.13. The van der Waals surface area contributed by atoms with Gasteiger partial charge in [0.25, 0.3) is 0 Å². The lowest BCUT2D eigenvalue weighted by Gasteiger charge is -2.36. The van der Waals surface area contributed by atoms with Crippen LogP contribution in [0.1, 0.15) is 32.3 Å². The van der Waals surface area contributed by atoms with Crippen LogP contribution in [0.3, 0.4) is 0 Å². The zero-order valence-electron chi connectivity index (χ0n) is 15.3. The van der Waals surface area contributed by atoms with Gasteiger partial charge in [0.05, 0.1) is 17.4 Å². The number of fused-ring (bicyclic) bond motifs is 1. The second-order valence-electron chi connectivity index (χ2n) is 6.78. The summed E-state index contributed by atoms with van der Waals surface area (Å²) in [5.41, 5.74) is 0.619. The van der Waals surface area contributed by atoms with Crippen molar-refractivity contribution in [2.45, 2.75) is 50.2 Å². The molecule has 1 aromatic rings. The average molecular weight is 397 g/mol. The third-order valence-corrected chi connectivity index (χ3v) is 7.09. The number of carboxylic acid groups (broad SMARTS) is 1. The molecule has 0 saturated carbocycles. The molecule has 1 saturated heterocycles. The quantitative estimate of drug-likeness (QED) is 0.748. The molecule has 0 aromatic heterocycles. The SMILES string of the molecule is CCOC(=O)C1Cc2cc(S(=O)(=O)N3CCC[C@H](C(=O)O)[C@@H]3C)ccc2O1. The van der Waals surface area contributed by atoms with Crippen molar-refractivity contribution in [2.24, 2.45) is 5.92 Å². The number of sulfonamides is 1. The molecule has 2 aliphatic rings. The highest BCUT2D eigenvalue weighted by Gasteiger charge is 2.40. The number of rotatable bonds is 5. The molecule has 0 radical (unpaired) electrons. The van der Waals surface area contributed by atoms with Crippen LogP contribution in [0.4, 0.5) is 0 Å². The highest BCUT2D eigenvalue weighted by molar-refractivity contribution is 7.89. The van der Waals surface area contributed by atoms with Crippen LogP contribution >= 0.6 is 0 Å². The van der Waals surface area contributed by atoms with Gasteiger partial charge < -0.3 is 14.6 Å². The Morgan fingerprint density at radius 1 is 1.37 bits per heavy atom. The summed E-state index contributed by atoms with van der Waals surface area (Å²) in [4.78, 5) is 23.3. The highest BCUT2D eigenvalue weighted by atomic mass is 32.2. The summed E-state index contributed by atoms with van der Waals surface area (Å²) in [6.07, 6.45) is 0.426. The normalized spacial score (nSPS) is 25.5. The molecule has 1 fully saturated rings. The fourth-order valence-electron chi connectivity index (χ4n) is 3.67. The van der Waals surface area contributed by atoms with Crippen LogP contribution in [0.2, 0.25) is 0 Å². The predicted octanol–water partition coefficient (Wildman–Crippen LogP) is 1.43. The van der Waals surface area contributed by atoms with Crippen molar-refractivity contribution < 1.29 is 32.6 Å². The molecule has 2 heterocycles. The molecule has 8 nitrogen and oxygen atoms in total. The Balaban J connectivity index is 1.84. The summed E-state index contributed by atoms with van der Waals surface area (Å²) in [6, 6.07) is 3.84. The lowest BCUT2D eigenvalue weighted by Crippen LogP contribution is -2.48. The van der Waals surface area contributed by atoms with E-state index in [1.807, 2.05) is 0 Å². The number of nitrogens with zero attached hydrogens (tertiary/aromatic N) is 1. The number of carbonyl (C=O) groups is 2. The molecule has 0 amide bonds. The molecule has 3 atom stereocenters. The van der Waals surface area contributed by atoms with Crippen molar-refractivity contribution in [2.75, 3.05) is 13.2 Å². The number of carboxylic acids is 1. The summed E-state index contributed by atoms with van der Waals surface area (Å²) in [5, 5.41) is 9.33. The van der Waals surface area contributed by atoms with Crippen molar-refractivity contribution in [1.82, 2.24) is 4.31 Å². The number of esters is 1. The second kappa shape index (κ2) is 7.47. The van der Waals surface area contributed by atoms with E-state index >= 15 is 0 Å². The summed E-state index contributed by atoms with van der Waals surface area (Å²) in [7, 11) is -3.85. The summed E-state index contributed by atoms with van der Waals surface area (Å²) in [6.45, 7) is 3.86. The summed E-state index contributed by atoms with van der Waals surface area (Å²) < 4.78 is 37.9. The Bertz CT molecular complexity index is 851.